The lowest BCUT2D eigenvalue weighted by Crippen LogP contribution is -1.99. The molecule has 0 aliphatic carbocycles. The molecule has 0 fully saturated rings. The van der Waals surface area contributed by atoms with Crippen LogP contribution >= 0.6 is 15.9 Å². The zero-order chi connectivity index (χ0) is 14.8. The normalized spacial score (nSPS) is 10.6. The number of nitrogens with two attached hydrogens (primary N) is 1. The van der Waals surface area contributed by atoms with Gasteiger partial charge >= 0.3 is 0 Å². The largest absolute Gasteiger partial charge is 0.495 e. The molecule has 1 heterocycles. The number of rotatable bonds is 3. The van der Waals surface area contributed by atoms with Crippen LogP contribution in [-0.2, 0) is 0 Å². The van der Waals surface area contributed by atoms with Crippen LogP contribution in [0.2, 0.25) is 0 Å². The smallest absolute Gasteiger partial charge is 0.142 e. The molecule has 0 atom stereocenters. The number of halogens is 1. The summed E-state index contributed by atoms with van der Waals surface area (Å²) in [6.07, 6.45) is 1.52. The first kappa shape index (κ1) is 13.6. The van der Waals surface area contributed by atoms with Gasteiger partial charge in [0, 0.05) is 15.5 Å². The molecule has 5 nitrogen and oxygen atoms in total. The van der Waals surface area contributed by atoms with Gasteiger partial charge in [-0.25, -0.2) is 9.97 Å². The zero-order valence-electron chi connectivity index (χ0n) is 11.3. The summed E-state index contributed by atoms with van der Waals surface area (Å²) in [5, 5.41) is 4.13. The maximum Gasteiger partial charge on any atom is 0.142 e. The number of nitrogens with zero attached hydrogens (tertiary/aromatic N) is 2. The monoisotopic (exact) mass is 344 g/mol. The molecule has 6 heteroatoms. The number of hydrogen-bond donors (Lipinski definition) is 2. The second-order valence-electron chi connectivity index (χ2n) is 4.47. The van der Waals surface area contributed by atoms with Gasteiger partial charge in [0.15, 0.2) is 0 Å². The second kappa shape index (κ2) is 5.57. The SMILES string of the molecule is COc1ccc(Br)cc1Nc1ncnc2ccc(N)cc12. The van der Waals surface area contributed by atoms with E-state index in [2.05, 4.69) is 31.2 Å². The van der Waals surface area contributed by atoms with Crippen molar-refractivity contribution in [1.29, 1.82) is 0 Å². The number of hydrogen-bond acceptors (Lipinski definition) is 5. The highest BCUT2D eigenvalue weighted by Crippen LogP contribution is 2.32. The highest BCUT2D eigenvalue weighted by atomic mass is 79.9. The Balaban J connectivity index is 2.10. The van der Waals surface area contributed by atoms with E-state index in [9.17, 15) is 0 Å². The molecule has 3 N–H and O–H groups in total. The van der Waals surface area contributed by atoms with Gasteiger partial charge in [-0.2, -0.15) is 0 Å². The summed E-state index contributed by atoms with van der Waals surface area (Å²) in [7, 11) is 1.63. The van der Waals surface area contributed by atoms with Crippen molar-refractivity contribution in [2.75, 3.05) is 18.2 Å². The van der Waals surface area contributed by atoms with E-state index in [1.807, 2.05) is 36.4 Å². The molecule has 0 unspecified atom stereocenters. The number of nitrogens with one attached hydrogen (secondary N) is 1. The minimum atomic E-state index is 0.668. The summed E-state index contributed by atoms with van der Waals surface area (Å²) in [4.78, 5) is 8.54. The first-order chi connectivity index (χ1) is 10.2. The summed E-state index contributed by atoms with van der Waals surface area (Å²) in [5.41, 5.74) is 8.16. The molecule has 0 saturated carbocycles. The molecule has 3 aromatic rings. The third-order valence-electron chi connectivity index (χ3n) is 3.07. The van der Waals surface area contributed by atoms with Gasteiger partial charge in [0.1, 0.15) is 17.9 Å². The van der Waals surface area contributed by atoms with Crippen LogP contribution in [0.25, 0.3) is 10.9 Å². The summed E-state index contributed by atoms with van der Waals surface area (Å²) in [6.45, 7) is 0. The Bertz CT molecular complexity index is 807. The fourth-order valence-electron chi connectivity index (χ4n) is 2.08. The highest BCUT2D eigenvalue weighted by molar-refractivity contribution is 9.10. The van der Waals surface area contributed by atoms with E-state index in [1.165, 1.54) is 6.33 Å². The first-order valence-electron chi connectivity index (χ1n) is 6.28. The van der Waals surface area contributed by atoms with Gasteiger partial charge in [-0.15, -0.1) is 0 Å². The van der Waals surface area contributed by atoms with Gasteiger partial charge in [-0.1, -0.05) is 15.9 Å². The first-order valence-corrected chi connectivity index (χ1v) is 7.07. The maximum absolute atomic E-state index is 5.85. The summed E-state index contributed by atoms with van der Waals surface area (Å²) < 4.78 is 6.30. The molecule has 0 bridgehead atoms. The van der Waals surface area contributed by atoms with Crippen LogP contribution in [0.5, 0.6) is 5.75 Å². The van der Waals surface area contributed by atoms with Gasteiger partial charge in [-0.05, 0) is 36.4 Å². The average molecular weight is 345 g/mol. The number of ether oxygens (including phenoxy) is 1. The van der Waals surface area contributed by atoms with E-state index >= 15 is 0 Å². The van der Waals surface area contributed by atoms with Crippen molar-refractivity contribution in [1.82, 2.24) is 9.97 Å². The van der Waals surface area contributed by atoms with Crippen molar-refractivity contribution in [3.05, 3.63) is 47.2 Å². The van der Waals surface area contributed by atoms with Crippen LogP contribution in [0.3, 0.4) is 0 Å². The maximum atomic E-state index is 5.85. The standard InChI is InChI=1S/C15H13BrN4O/c1-21-14-5-2-9(16)6-13(14)20-15-11-7-10(17)3-4-12(11)18-8-19-15/h2-8H,17H2,1H3,(H,18,19,20). The van der Waals surface area contributed by atoms with Gasteiger partial charge in [0.25, 0.3) is 0 Å². The lowest BCUT2D eigenvalue weighted by molar-refractivity contribution is 0.416. The van der Waals surface area contributed by atoms with Crippen molar-refractivity contribution < 1.29 is 4.74 Å². The van der Waals surface area contributed by atoms with Crippen molar-refractivity contribution in [2.45, 2.75) is 0 Å². The lowest BCUT2D eigenvalue weighted by Gasteiger charge is -2.12. The number of anilines is 3. The molecule has 0 aliphatic rings. The third-order valence-corrected chi connectivity index (χ3v) is 3.57. The summed E-state index contributed by atoms with van der Waals surface area (Å²) in [6, 6.07) is 11.3. The van der Waals surface area contributed by atoms with Crippen LogP contribution < -0.4 is 15.8 Å². The molecule has 0 spiro atoms. The number of methoxy groups -OCH3 is 1. The molecular formula is C15H13BrN4O. The Morgan fingerprint density at radius 3 is 2.81 bits per heavy atom. The molecule has 0 radical (unpaired) electrons. The Morgan fingerprint density at radius 2 is 2.00 bits per heavy atom. The Hall–Kier alpha value is -2.34. The fraction of sp³-hybridized carbons (Fsp3) is 0.0667. The highest BCUT2D eigenvalue weighted by Gasteiger charge is 2.08. The van der Waals surface area contributed by atoms with Crippen LogP contribution in [0.1, 0.15) is 0 Å². The molecule has 3 rings (SSSR count). The Morgan fingerprint density at radius 1 is 1.14 bits per heavy atom. The van der Waals surface area contributed by atoms with Crippen molar-refractivity contribution in [3.8, 4) is 5.75 Å². The Kier molecular flexibility index (Phi) is 3.62. The molecule has 2 aromatic carbocycles. The number of fused-ring (bicyclic) bond motifs is 1. The van der Waals surface area contributed by atoms with Crippen molar-refractivity contribution in [2.24, 2.45) is 0 Å². The third kappa shape index (κ3) is 2.75. The molecule has 1 aromatic heterocycles. The van der Waals surface area contributed by atoms with E-state index in [0.717, 1.165) is 26.8 Å². The lowest BCUT2D eigenvalue weighted by atomic mass is 10.2. The minimum Gasteiger partial charge on any atom is -0.495 e. The van der Waals surface area contributed by atoms with Crippen LogP contribution in [-0.4, -0.2) is 17.1 Å². The molecular weight excluding hydrogens is 332 g/mol. The molecule has 106 valence electrons. The Labute approximate surface area is 130 Å². The van der Waals surface area contributed by atoms with Gasteiger partial charge in [0.2, 0.25) is 0 Å². The molecule has 0 saturated heterocycles. The molecule has 21 heavy (non-hydrogen) atoms. The molecule has 0 aliphatic heterocycles. The molecule has 0 amide bonds. The van der Waals surface area contributed by atoms with Gasteiger partial charge < -0.3 is 15.8 Å². The van der Waals surface area contributed by atoms with Crippen LogP contribution in [0, 0.1) is 0 Å². The van der Waals surface area contributed by atoms with E-state index in [4.69, 9.17) is 10.5 Å². The van der Waals surface area contributed by atoms with Gasteiger partial charge in [0.05, 0.1) is 18.3 Å². The fourth-order valence-corrected chi connectivity index (χ4v) is 2.44. The average Bonchev–Trinajstić information content (AvgIpc) is 2.48. The van der Waals surface area contributed by atoms with Crippen molar-refractivity contribution >= 4 is 44.0 Å². The summed E-state index contributed by atoms with van der Waals surface area (Å²) in [5.74, 6) is 1.41. The number of benzene rings is 2. The predicted molar refractivity (Wildman–Crippen MR) is 87.9 cm³/mol. The van der Waals surface area contributed by atoms with Gasteiger partial charge in [-0.3, -0.25) is 0 Å². The van der Waals surface area contributed by atoms with E-state index in [1.54, 1.807) is 7.11 Å². The van der Waals surface area contributed by atoms with Crippen LogP contribution in [0.4, 0.5) is 17.2 Å². The topological polar surface area (TPSA) is 73.1 Å². The minimum absolute atomic E-state index is 0.668. The second-order valence-corrected chi connectivity index (χ2v) is 5.38. The van der Waals surface area contributed by atoms with Crippen LogP contribution in [0.15, 0.2) is 47.2 Å². The van der Waals surface area contributed by atoms with E-state index in [-0.39, 0.29) is 0 Å². The van der Waals surface area contributed by atoms with Crippen molar-refractivity contribution in [3.63, 3.8) is 0 Å². The predicted octanol–water partition coefficient (Wildman–Crippen LogP) is 3.73. The summed E-state index contributed by atoms with van der Waals surface area (Å²) >= 11 is 3.45. The number of nitrogen functional groups attached to an aromatic ring is 1. The van der Waals surface area contributed by atoms with E-state index < -0.39 is 0 Å². The zero-order valence-corrected chi connectivity index (χ0v) is 12.9. The quantitative estimate of drug-likeness (QED) is 0.708. The number of aromatic nitrogens is 2. The van der Waals surface area contributed by atoms with E-state index in [0.29, 0.717) is 11.5 Å².